The SMILES string of the molecule is CCCc1cc(C(=O)NOCC(C)C)cc(Cl)n1. The van der Waals surface area contributed by atoms with E-state index in [1.54, 1.807) is 6.07 Å². The van der Waals surface area contributed by atoms with E-state index in [0.29, 0.717) is 23.2 Å². The Labute approximate surface area is 113 Å². The number of aryl methyl sites for hydroxylation is 1. The summed E-state index contributed by atoms with van der Waals surface area (Å²) in [6.45, 7) is 6.55. The molecule has 1 N–H and O–H groups in total. The fourth-order valence-corrected chi connectivity index (χ4v) is 1.63. The molecule has 1 rings (SSSR count). The summed E-state index contributed by atoms with van der Waals surface area (Å²) < 4.78 is 0. The summed E-state index contributed by atoms with van der Waals surface area (Å²) in [7, 11) is 0. The van der Waals surface area contributed by atoms with Crippen molar-refractivity contribution in [2.24, 2.45) is 5.92 Å². The summed E-state index contributed by atoms with van der Waals surface area (Å²) in [5.74, 6) is 0.0688. The molecule has 1 aromatic heterocycles. The van der Waals surface area contributed by atoms with Crippen molar-refractivity contribution in [2.75, 3.05) is 6.61 Å². The van der Waals surface area contributed by atoms with Crippen molar-refractivity contribution in [2.45, 2.75) is 33.6 Å². The van der Waals surface area contributed by atoms with E-state index < -0.39 is 0 Å². The van der Waals surface area contributed by atoms with Gasteiger partial charge >= 0.3 is 0 Å². The molecule has 1 heterocycles. The van der Waals surface area contributed by atoms with Gasteiger partial charge in [-0.3, -0.25) is 9.63 Å². The van der Waals surface area contributed by atoms with Gasteiger partial charge in [0.25, 0.3) is 5.91 Å². The first-order valence-electron chi connectivity index (χ1n) is 6.11. The Balaban J connectivity index is 2.66. The lowest BCUT2D eigenvalue weighted by Crippen LogP contribution is -2.25. The highest BCUT2D eigenvalue weighted by Gasteiger charge is 2.09. The summed E-state index contributed by atoms with van der Waals surface area (Å²) in [5, 5.41) is 0.329. The minimum Gasteiger partial charge on any atom is -0.273 e. The predicted molar refractivity (Wildman–Crippen MR) is 71.5 cm³/mol. The molecule has 4 nitrogen and oxygen atoms in total. The number of hydroxylamine groups is 1. The lowest BCUT2D eigenvalue weighted by molar-refractivity contribution is 0.0208. The van der Waals surface area contributed by atoms with Crippen molar-refractivity contribution in [3.05, 3.63) is 28.5 Å². The van der Waals surface area contributed by atoms with E-state index in [1.165, 1.54) is 6.07 Å². The van der Waals surface area contributed by atoms with Crippen LogP contribution in [0.4, 0.5) is 0 Å². The van der Waals surface area contributed by atoms with Gasteiger partial charge in [0.15, 0.2) is 0 Å². The predicted octanol–water partition coefficient (Wildman–Crippen LogP) is 3.00. The second-order valence-corrected chi connectivity index (χ2v) is 4.94. The molecular formula is C13H19ClN2O2. The maximum atomic E-state index is 11.8. The molecule has 1 amide bonds. The summed E-state index contributed by atoms with van der Waals surface area (Å²) in [5.41, 5.74) is 3.69. The number of nitrogens with one attached hydrogen (secondary N) is 1. The Morgan fingerprint density at radius 3 is 2.83 bits per heavy atom. The molecule has 0 spiro atoms. The van der Waals surface area contributed by atoms with Crippen LogP contribution in [0.1, 0.15) is 43.2 Å². The fraction of sp³-hybridized carbons (Fsp3) is 0.538. The molecule has 0 saturated carbocycles. The number of amides is 1. The molecule has 18 heavy (non-hydrogen) atoms. The molecule has 0 radical (unpaired) electrons. The number of halogens is 1. The van der Waals surface area contributed by atoms with Crippen molar-refractivity contribution in [3.63, 3.8) is 0 Å². The van der Waals surface area contributed by atoms with Crippen molar-refractivity contribution in [3.8, 4) is 0 Å². The maximum absolute atomic E-state index is 11.8. The van der Waals surface area contributed by atoms with Crippen LogP contribution in [0.25, 0.3) is 0 Å². The van der Waals surface area contributed by atoms with Crippen LogP contribution in [-0.2, 0) is 11.3 Å². The van der Waals surface area contributed by atoms with Crippen LogP contribution in [0.2, 0.25) is 5.15 Å². The van der Waals surface area contributed by atoms with Gasteiger partial charge in [0.2, 0.25) is 0 Å². The van der Waals surface area contributed by atoms with Crippen molar-refractivity contribution < 1.29 is 9.63 Å². The van der Waals surface area contributed by atoms with E-state index in [1.807, 2.05) is 20.8 Å². The molecule has 0 aromatic carbocycles. The highest BCUT2D eigenvalue weighted by atomic mass is 35.5. The number of carbonyl (C=O) groups excluding carboxylic acids is 1. The summed E-state index contributed by atoms with van der Waals surface area (Å²) in [6, 6.07) is 3.28. The van der Waals surface area contributed by atoms with Gasteiger partial charge < -0.3 is 0 Å². The third-order valence-corrected chi connectivity index (χ3v) is 2.39. The third kappa shape index (κ3) is 5.02. The van der Waals surface area contributed by atoms with Crippen molar-refractivity contribution in [1.29, 1.82) is 0 Å². The third-order valence-electron chi connectivity index (χ3n) is 2.20. The molecule has 0 aliphatic heterocycles. The van der Waals surface area contributed by atoms with Crippen LogP contribution in [0.15, 0.2) is 12.1 Å². The van der Waals surface area contributed by atoms with E-state index in [-0.39, 0.29) is 5.91 Å². The molecule has 5 heteroatoms. The number of hydrogen-bond acceptors (Lipinski definition) is 3. The quantitative estimate of drug-likeness (QED) is 0.639. The first-order chi connectivity index (χ1) is 8.52. The van der Waals surface area contributed by atoms with E-state index in [4.69, 9.17) is 16.4 Å². The van der Waals surface area contributed by atoms with E-state index in [2.05, 4.69) is 10.5 Å². The van der Waals surface area contributed by atoms with Gasteiger partial charge in [-0.25, -0.2) is 10.5 Å². The average molecular weight is 271 g/mol. The summed E-state index contributed by atoms with van der Waals surface area (Å²) in [4.78, 5) is 21.1. The smallest absolute Gasteiger partial charge is 0.273 e. The molecule has 0 unspecified atom stereocenters. The van der Waals surface area contributed by atoms with Gasteiger partial charge in [0.1, 0.15) is 5.15 Å². The molecule has 0 bridgehead atoms. The van der Waals surface area contributed by atoms with Gasteiger partial charge in [-0.05, 0) is 24.5 Å². The van der Waals surface area contributed by atoms with Crippen LogP contribution in [0.3, 0.4) is 0 Å². The number of aromatic nitrogens is 1. The Bertz CT molecular complexity index is 408. The van der Waals surface area contributed by atoms with Gasteiger partial charge in [0, 0.05) is 11.3 Å². The van der Waals surface area contributed by atoms with E-state index in [9.17, 15) is 4.79 Å². The molecule has 100 valence electrons. The van der Waals surface area contributed by atoms with Crippen LogP contribution in [0.5, 0.6) is 0 Å². The lowest BCUT2D eigenvalue weighted by atomic mass is 10.1. The largest absolute Gasteiger partial charge is 0.275 e. The maximum Gasteiger partial charge on any atom is 0.275 e. The summed E-state index contributed by atoms with van der Waals surface area (Å²) >= 11 is 5.88. The minimum atomic E-state index is -0.294. The van der Waals surface area contributed by atoms with Crippen molar-refractivity contribution in [1.82, 2.24) is 10.5 Å². The standard InChI is InChI=1S/C13H19ClN2O2/c1-4-5-11-6-10(7-12(14)15-11)13(17)16-18-8-9(2)3/h6-7,9H,4-5,8H2,1-3H3,(H,16,17). The summed E-state index contributed by atoms with van der Waals surface area (Å²) in [6.07, 6.45) is 1.76. The Morgan fingerprint density at radius 2 is 2.22 bits per heavy atom. The normalized spacial score (nSPS) is 10.7. The lowest BCUT2D eigenvalue weighted by Gasteiger charge is -2.09. The molecule has 0 atom stereocenters. The van der Waals surface area contributed by atoms with Gasteiger partial charge in [-0.1, -0.05) is 38.8 Å². The van der Waals surface area contributed by atoms with Crippen molar-refractivity contribution >= 4 is 17.5 Å². The Morgan fingerprint density at radius 1 is 1.50 bits per heavy atom. The van der Waals surface area contributed by atoms with E-state index >= 15 is 0 Å². The second-order valence-electron chi connectivity index (χ2n) is 4.56. The molecular weight excluding hydrogens is 252 g/mol. The molecule has 0 saturated heterocycles. The zero-order chi connectivity index (χ0) is 13.5. The van der Waals surface area contributed by atoms with Crippen LogP contribution in [-0.4, -0.2) is 17.5 Å². The number of rotatable bonds is 6. The zero-order valence-corrected chi connectivity index (χ0v) is 11.8. The first kappa shape index (κ1) is 14.9. The topological polar surface area (TPSA) is 51.2 Å². The fourth-order valence-electron chi connectivity index (χ4n) is 1.40. The highest BCUT2D eigenvalue weighted by molar-refractivity contribution is 6.29. The average Bonchev–Trinajstić information content (AvgIpc) is 2.28. The van der Waals surface area contributed by atoms with Crippen LogP contribution < -0.4 is 5.48 Å². The monoisotopic (exact) mass is 270 g/mol. The van der Waals surface area contributed by atoms with Gasteiger partial charge in [-0.2, -0.15) is 0 Å². The number of carbonyl (C=O) groups is 1. The number of pyridine rings is 1. The number of hydrogen-bond donors (Lipinski definition) is 1. The minimum absolute atomic E-state index is 0.294. The first-order valence-corrected chi connectivity index (χ1v) is 6.49. The Hall–Kier alpha value is -1.13. The number of nitrogens with zero attached hydrogens (tertiary/aromatic N) is 1. The highest BCUT2D eigenvalue weighted by Crippen LogP contribution is 2.12. The van der Waals surface area contributed by atoms with Gasteiger partial charge in [0.05, 0.1) is 6.61 Å². The van der Waals surface area contributed by atoms with Crippen LogP contribution in [0, 0.1) is 5.92 Å². The molecule has 0 aliphatic rings. The molecule has 0 fully saturated rings. The van der Waals surface area contributed by atoms with Crippen LogP contribution >= 0.6 is 11.6 Å². The molecule has 0 aliphatic carbocycles. The Kier molecular flexibility index (Phi) is 6.09. The van der Waals surface area contributed by atoms with E-state index in [0.717, 1.165) is 18.5 Å². The zero-order valence-electron chi connectivity index (χ0n) is 11.0. The molecule has 1 aromatic rings. The van der Waals surface area contributed by atoms with Gasteiger partial charge in [-0.15, -0.1) is 0 Å². The second kappa shape index (κ2) is 7.34.